The van der Waals surface area contributed by atoms with Gasteiger partial charge in [-0.25, -0.2) is 0 Å². The summed E-state index contributed by atoms with van der Waals surface area (Å²) in [6, 6.07) is 6.24. The van der Waals surface area contributed by atoms with Crippen LogP contribution in [0.3, 0.4) is 0 Å². The molecule has 0 atom stereocenters. The highest BCUT2D eigenvalue weighted by Gasteiger charge is 2.22. The number of alkyl halides is 2. The van der Waals surface area contributed by atoms with Gasteiger partial charge >= 0.3 is 6.61 Å². The molecule has 1 aliphatic heterocycles. The van der Waals surface area contributed by atoms with Crippen LogP contribution in [0, 0.1) is 0 Å². The molecule has 0 spiro atoms. The van der Waals surface area contributed by atoms with Crippen LogP contribution in [0.1, 0.15) is 5.56 Å². The lowest BCUT2D eigenvalue weighted by Gasteiger charge is -2.07. The molecule has 0 aliphatic carbocycles. The van der Waals surface area contributed by atoms with Gasteiger partial charge in [0.2, 0.25) is 0 Å². The van der Waals surface area contributed by atoms with E-state index in [0.29, 0.717) is 14.8 Å². The fourth-order valence-corrected chi connectivity index (χ4v) is 2.40. The average molecular weight is 287 g/mol. The van der Waals surface area contributed by atoms with Crippen molar-refractivity contribution >= 4 is 40.3 Å². The van der Waals surface area contributed by atoms with E-state index in [4.69, 9.17) is 12.2 Å². The number of carbonyl (C=O) groups is 1. The molecule has 1 N–H and O–H groups in total. The summed E-state index contributed by atoms with van der Waals surface area (Å²) in [5.74, 6) is -0.317. The second-order valence-corrected chi connectivity index (χ2v) is 4.99. The number of para-hydroxylation sites is 1. The third kappa shape index (κ3) is 3.05. The second kappa shape index (κ2) is 5.45. The molecule has 0 aromatic heterocycles. The van der Waals surface area contributed by atoms with Gasteiger partial charge in [-0.3, -0.25) is 4.79 Å². The Morgan fingerprint density at radius 1 is 1.39 bits per heavy atom. The largest absolute Gasteiger partial charge is 0.434 e. The van der Waals surface area contributed by atoms with E-state index in [2.05, 4.69) is 10.1 Å². The van der Waals surface area contributed by atoms with Gasteiger partial charge in [-0.2, -0.15) is 8.78 Å². The number of hydrogen-bond acceptors (Lipinski definition) is 4. The number of halogens is 2. The Kier molecular flexibility index (Phi) is 3.93. The van der Waals surface area contributed by atoms with Crippen LogP contribution in [0.15, 0.2) is 29.2 Å². The molecule has 1 aliphatic rings. The predicted molar refractivity (Wildman–Crippen MR) is 69.4 cm³/mol. The maximum absolute atomic E-state index is 12.2. The van der Waals surface area contributed by atoms with E-state index in [1.54, 1.807) is 18.2 Å². The number of carbonyl (C=O) groups excluding carboxylic acids is 1. The highest BCUT2D eigenvalue weighted by atomic mass is 32.2. The van der Waals surface area contributed by atoms with Crippen molar-refractivity contribution in [2.45, 2.75) is 6.61 Å². The molecule has 0 bridgehead atoms. The van der Waals surface area contributed by atoms with Crippen LogP contribution in [-0.4, -0.2) is 16.8 Å². The molecular weight excluding hydrogens is 280 g/mol. The van der Waals surface area contributed by atoms with Crippen LogP contribution in [0.5, 0.6) is 5.75 Å². The Morgan fingerprint density at radius 3 is 2.72 bits per heavy atom. The lowest BCUT2D eigenvalue weighted by molar-refractivity contribution is -0.115. The highest BCUT2D eigenvalue weighted by Crippen LogP contribution is 2.29. The molecule has 7 heteroatoms. The lowest BCUT2D eigenvalue weighted by Crippen LogP contribution is -2.17. The van der Waals surface area contributed by atoms with Gasteiger partial charge in [-0.05, 0) is 12.1 Å². The van der Waals surface area contributed by atoms with Gasteiger partial charge in [0.1, 0.15) is 10.1 Å². The van der Waals surface area contributed by atoms with Gasteiger partial charge in [0.05, 0.1) is 4.91 Å². The zero-order valence-corrected chi connectivity index (χ0v) is 10.5. The molecule has 1 fully saturated rings. The Hall–Kier alpha value is -1.47. The summed E-state index contributed by atoms with van der Waals surface area (Å²) < 4.78 is 29.1. The Balaban J connectivity index is 2.31. The SMILES string of the molecule is O=C1NC(=S)S/C1=C\c1ccccc1OC(F)F. The van der Waals surface area contributed by atoms with Crippen molar-refractivity contribution < 1.29 is 18.3 Å². The molecule has 1 aromatic carbocycles. The number of nitrogens with one attached hydrogen (secondary N) is 1. The third-order valence-electron chi connectivity index (χ3n) is 2.06. The summed E-state index contributed by atoms with van der Waals surface area (Å²) in [5.41, 5.74) is 0.403. The third-order valence-corrected chi connectivity index (χ3v) is 3.23. The van der Waals surface area contributed by atoms with Crippen LogP contribution >= 0.6 is 24.0 Å². The van der Waals surface area contributed by atoms with Gasteiger partial charge in [-0.1, -0.05) is 42.2 Å². The number of amides is 1. The van der Waals surface area contributed by atoms with Crippen molar-refractivity contribution in [1.29, 1.82) is 0 Å². The first-order chi connectivity index (χ1) is 8.56. The topological polar surface area (TPSA) is 38.3 Å². The number of benzene rings is 1. The van der Waals surface area contributed by atoms with Crippen molar-refractivity contribution in [1.82, 2.24) is 5.32 Å². The number of rotatable bonds is 3. The maximum Gasteiger partial charge on any atom is 0.387 e. The van der Waals surface area contributed by atoms with E-state index < -0.39 is 6.61 Å². The predicted octanol–water partition coefficient (Wildman–Crippen LogP) is 2.78. The molecule has 1 amide bonds. The Morgan fingerprint density at radius 2 is 2.11 bits per heavy atom. The molecule has 0 radical (unpaired) electrons. The minimum absolute atomic E-state index is 0.0196. The summed E-state index contributed by atoms with van der Waals surface area (Å²) in [7, 11) is 0. The Labute approximate surface area is 111 Å². The smallest absolute Gasteiger partial charge is 0.387 e. The minimum Gasteiger partial charge on any atom is -0.434 e. The van der Waals surface area contributed by atoms with Gasteiger partial charge in [0.25, 0.3) is 5.91 Å². The molecule has 94 valence electrons. The van der Waals surface area contributed by atoms with E-state index in [1.807, 2.05) is 0 Å². The van der Waals surface area contributed by atoms with Crippen molar-refractivity contribution in [3.63, 3.8) is 0 Å². The van der Waals surface area contributed by atoms with Crippen LogP contribution < -0.4 is 10.1 Å². The first-order valence-corrected chi connectivity index (χ1v) is 6.07. The van der Waals surface area contributed by atoms with E-state index in [1.165, 1.54) is 12.1 Å². The summed E-state index contributed by atoms with van der Waals surface area (Å²) in [6.07, 6.45) is 1.47. The molecule has 1 heterocycles. The molecule has 18 heavy (non-hydrogen) atoms. The molecule has 0 unspecified atom stereocenters. The molecule has 2 rings (SSSR count). The number of thiocarbonyl (C=S) groups is 1. The van der Waals surface area contributed by atoms with Gasteiger partial charge in [-0.15, -0.1) is 0 Å². The monoisotopic (exact) mass is 287 g/mol. The van der Waals surface area contributed by atoms with Crippen molar-refractivity contribution in [2.75, 3.05) is 0 Å². The number of ether oxygens (including phenoxy) is 1. The molecule has 3 nitrogen and oxygen atoms in total. The molecular formula is C11H7F2NO2S2. The quantitative estimate of drug-likeness (QED) is 0.685. The van der Waals surface area contributed by atoms with Gasteiger partial charge in [0.15, 0.2) is 0 Å². The van der Waals surface area contributed by atoms with Crippen molar-refractivity contribution in [3.05, 3.63) is 34.7 Å². The Bertz CT molecular complexity index is 532. The summed E-state index contributed by atoms with van der Waals surface area (Å²) in [4.78, 5) is 11.8. The van der Waals surface area contributed by atoms with Crippen molar-refractivity contribution in [3.8, 4) is 5.75 Å². The molecule has 1 aromatic rings. The van der Waals surface area contributed by atoms with Crippen LogP contribution in [0.4, 0.5) is 8.78 Å². The summed E-state index contributed by atoms with van der Waals surface area (Å²) in [6.45, 7) is -2.91. The normalized spacial score (nSPS) is 17.4. The first-order valence-electron chi connectivity index (χ1n) is 4.85. The fourth-order valence-electron chi connectivity index (χ4n) is 1.37. The standard InChI is InChI=1S/C11H7F2NO2S2/c12-10(13)16-7-4-2-1-3-6(7)5-8-9(15)14-11(17)18-8/h1-5,10H,(H,14,15,17)/b8-5-. The summed E-state index contributed by atoms with van der Waals surface area (Å²) in [5, 5.41) is 2.45. The van der Waals surface area contributed by atoms with Crippen molar-refractivity contribution in [2.24, 2.45) is 0 Å². The molecule has 0 saturated carbocycles. The van der Waals surface area contributed by atoms with E-state index >= 15 is 0 Å². The van der Waals surface area contributed by atoms with Gasteiger partial charge in [0, 0.05) is 5.56 Å². The fraction of sp³-hybridized carbons (Fsp3) is 0.0909. The number of hydrogen-bond donors (Lipinski definition) is 1. The zero-order chi connectivity index (χ0) is 13.1. The minimum atomic E-state index is -2.91. The maximum atomic E-state index is 12.2. The lowest BCUT2D eigenvalue weighted by atomic mass is 10.2. The summed E-state index contributed by atoms with van der Waals surface area (Å²) >= 11 is 5.92. The number of thioether (sulfide) groups is 1. The van der Waals surface area contributed by atoms with E-state index in [9.17, 15) is 13.6 Å². The van der Waals surface area contributed by atoms with Crippen LogP contribution in [0.2, 0.25) is 0 Å². The van der Waals surface area contributed by atoms with E-state index in [0.717, 1.165) is 11.8 Å². The average Bonchev–Trinajstić information content (AvgIpc) is 2.59. The molecule has 1 saturated heterocycles. The van der Waals surface area contributed by atoms with Gasteiger partial charge < -0.3 is 10.1 Å². The van der Waals surface area contributed by atoms with Crippen LogP contribution in [-0.2, 0) is 4.79 Å². The second-order valence-electron chi connectivity index (χ2n) is 3.27. The first kappa shape index (κ1) is 13.0. The van der Waals surface area contributed by atoms with Crippen LogP contribution in [0.25, 0.3) is 6.08 Å². The zero-order valence-electron chi connectivity index (χ0n) is 8.85. The highest BCUT2D eigenvalue weighted by molar-refractivity contribution is 8.26. The van der Waals surface area contributed by atoms with E-state index in [-0.39, 0.29) is 11.7 Å².